The van der Waals surface area contributed by atoms with E-state index in [1.807, 2.05) is 18.2 Å². The van der Waals surface area contributed by atoms with Crippen molar-refractivity contribution in [3.05, 3.63) is 70.3 Å². The predicted octanol–water partition coefficient (Wildman–Crippen LogP) is 0.997. The third kappa shape index (κ3) is 3.16. The van der Waals surface area contributed by atoms with Crippen LogP contribution in [0.1, 0.15) is 34.7 Å². The van der Waals surface area contributed by atoms with Crippen LogP contribution in [0.3, 0.4) is 0 Å². The van der Waals surface area contributed by atoms with Crippen molar-refractivity contribution < 1.29 is 29.9 Å². The minimum Gasteiger partial charge on any atom is -0.394 e. The van der Waals surface area contributed by atoms with Crippen LogP contribution in [0.15, 0.2) is 42.5 Å². The van der Waals surface area contributed by atoms with Crippen LogP contribution in [-0.2, 0) is 34.7 Å². The number of hydrogen-bond donors (Lipinski definition) is 4. The standard InChI is InChI=1S/C22H26O6/c1-2-13-3-5-14(6-4-13)9-15-7-8-16-12-27-22(17(16)10-15)21(26)19(25)20(28-22)18(24)11-23/h3-8,10,18-21,23-26H,2,9,11-12H2,1H3/t18-,19+,20-,21-,22-/m1/s1. The molecule has 2 aliphatic rings. The number of hydrogen-bond acceptors (Lipinski definition) is 6. The van der Waals surface area contributed by atoms with Crippen LogP contribution in [0.4, 0.5) is 0 Å². The molecule has 2 aliphatic heterocycles. The zero-order chi connectivity index (χ0) is 19.9. The fraction of sp³-hybridized carbons (Fsp3) is 0.455. The van der Waals surface area contributed by atoms with E-state index in [1.54, 1.807) is 0 Å². The first-order chi connectivity index (χ1) is 13.5. The molecule has 6 nitrogen and oxygen atoms in total. The van der Waals surface area contributed by atoms with E-state index in [2.05, 4.69) is 31.2 Å². The summed E-state index contributed by atoms with van der Waals surface area (Å²) in [5.74, 6) is -1.53. The van der Waals surface area contributed by atoms with Gasteiger partial charge in [-0.3, -0.25) is 0 Å². The minimum absolute atomic E-state index is 0.243. The third-order valence-electron chi connectivity index (χ3n) is 5.76. The molecule has 6 heteroatoms. The summed E-state index contributed by atoms with van der Waals surface area (Å²) in [5.41, 5.74) is 5.02. The summed E-state index contributed by atoms with van der Waals surface area (Å²) < 4.78 is 11.6. The van der Waals surface area contributed by atoms with Crippen molar-refractivity contribution in [1.82, 2.24) is 0 Å². The molecule has 2 aromatic carbocycles. The Balaban J connectivity index is 1.63. The summed E-state index contributed by atoms with van der Waals surface area (Å²) in [4.78, 5) is 0. The van der Waals surface area contributed by atoms with Crippen LogP contribution in [0.5, 0.6) is 0 Å². The topological polar surface area (TPSA) is 99.4 Å². The van der Waals surface area contributed by atoms with E-state index in [0.29, 0.717) is 12.0 Å². The largest absolute Gasteiger partial charge is 0.394 e. The average Bonchev–Trinajstić information content (AvgIpc) is 3.21. The molecular formula is C22H26O6. The van der Waals surface area contributed by atoms with Crippen molar-refractivity contribution in [2.24, 2.45) is 0 Å². The Morgan fingerprint density at radius 2 is 1.75 bits per heavy atom. The molecule has 0 aromatic heterocycles. The normalized spacial score (nSPS) is 30.0. The van der Waals surface area contributed by atoms with Crippen molar-refractivity contribution in [3.63, 3.8) is 0 Å². The molecule has 1 spiro atoms. The highest BCUT2D eigenvalue weighted by atomic mass is 16.7. The first-order valence-electron chi connectivity index (χ1n) is 9.65. The fourth-order valence-corrected chi connectivity index (χ4v) is 4.07. The smallest absolute Gasteiger partial charge is 0.225 e. The predicted molar refractivity (Wildman–Crippen MR) is 102 cm³/mol. The number of aliphatic hydroxyl groups excluding tert-OH is 4. The second-order valence-corrected chi connectivity index (χ2v) is 7.56. The number of benzene rings is 2. The van der Waals surface area contributed by atoms with E-state index in [-0.39, 0.29) is 6.61 Å². The first-order valence-corrected chi connectivity index (χ1v) is 9.65. The van der Waals surface area contributed by atoms with Gasteiger partial charge in [0.05, 0.1) is 13.2 Å². The molecule has 1 fully saturated rings. The molecule has 1 saturated heterocycles. The van der Waals surface area contributed by atoms with Gasteiger partial charge >= 0.3 is 0 Å². The van der Waals surface area contributed by atoms with Gasteiger partial charge < -0.3 is 29.9 Å². The van der Waals surface area contributed by atoms with Crippen LogP contribution in [0.25, 0.3) is 0 Å². The van der Waals surface area contributed by atoms with Crippen molar-refractivity contribution >= 4 is 0 Å². The lowest BCUT2D eigenvalue weighted by Gasteiger charge is -2.28. The van der Waals surface area contributed by atoms with Crippen LogP contribution in [0.2, 0.25) is 0 Å². The quantitative estimate of drug-likeness (QED) is 0.612. The van der Waals surface area contributed by atoms with E-state index in [9.17, 15) is 20.4 Å². The number of rotatable bonds is 5. The Labute approximate surface area is 164 Å². The second kappa shape index (κ2) is 7.55. The molecule has 0 saturated carbocycles. The minimum atomic E-state index is -1.53. The molecule has 0 amide bonds. The van der Waals surface area contributed by atoms with Crippen LogP contribution in [0, 0.1) is 0 Å². The van der Waals surface area contributed by atoms with Gasteiger partial charge in [-0.2, -0.15) is 0 Å². The maximum absolute atomic E-state index is 10.7. The molecule has 5 atom stereocenters. The lowest BCUT2D eigenvalue weighted by Crippen LogP contribution is -2.42. The van der Waals surface area contributed by atoms with E-state index >= 15 is 0 Å². The van der Waals surface area contributed by atoms with Crippen molar-refractivity contribution in [3.8, 4) is 0 Å². The lowest BCUT2D eigenvalue weighted by atomic mass is 9.92. The van der Waals surface area contributed by atoms with Crippen molar-refractivity contribution in [1.29, 1.82) is 0 Å². The summed E-state index contributed by atoms with van der Waals surface area (Å²) in [6, 6.07) is 14.3. The Kier molecular flexibility index (Phi) is 5.26. The Hall–Kier alpha value is -1.80. The highest BCUT2D eigenvalue weighted by molar-refractivity contribution is 5.41. The van der Waals surface area contributed by atoms with Crippen LogP contribution < -0.4 is 0 Å². The van der Waals surface area contributed by atoms with Gasteiger partial charge in [0.2, 0.25) is 5.79 Å². The molecule has 0 unspecified atom stereocenters. The molecule has 0 radical (unpaired) electrons. The summed E-state index contributed by atoms with van der Waals surface area (Å²) in [7, 11) is 0. The Morgan fingerprint density at radius 3 is 2.43 bits per heavy atom. The molecule has 4 N–H and O–H groups in total. The van der Waals surface area contributed by atoms with Gasteiger partial charge in [-0.05, 0) is 41.2 Å². The van der Waals surface area contributed by atoms with E-state index in [1.165, 1.54) is 11.1 Å². The molecular weight excluding hydrogens is 360 g/mol. The van der Waals surface area contributed by atoms with Gasteiger partial charge in [0.15, 0.2) is 0 Å². The molecule has 0 bridgehead atoms. The zero-order valence-electron chi connectivity index (χ0n) is 15.8. The first kappa shape index (κ1) is 19.5. The molecule has 2 aromatic rings. The summed E-state index contributed by atoms with van der Waals surface area (Å²) in [6.45, 7) is 1.79. The molecule has 0 aliphatic carbocycles. The summed E-state index contributed by atoms with van der Waals surface area (Å²) in [5, 5.41) is 40.1. The Morgan fingerprint density at radius 1 is 1.07 bits per heavy atom. The van der Waals surface area contributed by atoms with Gasteiger partial charge in [0, 0.05) is 5.56 Å². The van der Waals surface area contributed by atoms with Gasteiger partial charge in [-0.15, -0.1) is 0 Å². The van der Waals surface area contributed by atoms with Gasteiger partial charge in [-0.1, -0.05) is 43.3 Å². The van der Waals surface area contributed by atoms with E-state index < -0.39 is 36.8 Å². The monoisotopic (exact) mass is 386 g/mol. The highest BCUT2D eigenvalue weighted by Crippen LogP contribution is 2.48. The van der Waals surface area contributed by atoms with Gasteiger partial charge in [0.1, 0.15) is 24.4 Å². The average molecular weight is 386 g/mol. The number of aliphatic hydroxyl groups is 4. The third-order valence-corrected chi connectivity index (χ3v) is 5.76. The number of aryl methyl sites for hydroxylation is 1. The van der Waals surface area contributed by atoms with Crippen LogP contribution >= 0.6 is 0 Å². The van der Waals surface area contributed by atoms with Crippen molar-refractivity contribution in [2.75, 3.05) is 6.61 Å². The summed E-state index contributed by atoms with van der Waals surface area (Å²) >= 11 is 0. The molecule has 150 valence electrons. The maximum atomic E-state index is 10.7. The van der Waals surface area contributed by atoms with Gasteiger partial charge in [-0.25, -0.2) is 0 Å². The summed E-state index contributed by atoms with van der Waals surface area (Å²) in [6.07, 6.45) is -3.45. The molecule has 2 heterocycles. The maximum Gasteiger partial charge on any atom is 0.225 e. The van der Waals surface area contributed by atoms with Gasteiger partial charge in [0.25, 0.3) is 0 Å². The van der Waals surface area contributed by atoms with Crippen LogP contribution in [-0.4, -0.2) is 51.4 Å². The van der Waals surface area contributed by atoms with E-state index in [0.717, 1.165) is 17.5 Å². The van der Waals surface area contributed by atoms with Crippen molar-refractivity contribution in [2.45, 2.75) is 56.6 Å². The highest BCUT2D eigenvalue weighted by Gasteiger charge is 2.60. The SMILES string of the molecule is CCc1ccc(Cc2ccc3c(c2)[C@@]2(OC3)O[C@H]([C@H](O)CO)[C@H](O)[C@H]2O)cc1. The zero-order valence-corrected chi connectivity index (χ0v) is 15.8. The van der Waals surface area contributed by atoms with E-state index in [4.69, 9.17) is 9.47 Å². The molecule has 4 rings (SSSR count). The Bertz CT molecular complexity index is 835. The molecule has 28 heavy (non-hydrogen) atoms. The second-order valence-electron chi connectivity index (χ2n) is 7.56. The number of fused-ring (bicyclic) bond motifs is 2. The fourth-order valence-electron chi connectivity index (χ4n) is 4.07. The number of ether oxygens (including phenoxy) is 2. The lowest BCUT2D eigenvalue weighted by molar-refractivity contribution is -0.268.